The second-order valence-corrected chi connectivity index (χ2v) is 22.7. The van der Waals surface area contributed by atoms with E-state index in [1.165, 1.54) is 280 Å². The molecule has 0 fully saturated rings. The van der Waals surface area contributed by atoms with Gasteiger partial charge in [0.25, 0.3) is 0 Å². The fourth-order valence-corrected chi connectivity index (χ4v) is 10.7. The van der Waals surface area contributed by atoms with E-state index in [1.807, 2.05) is 0 Å². The molecule has 1 heterocycles. The van der Waals surface area contributed by atoms with E-state index < -0.39 is 0 Å². The summed E-state index contributed by atoms with van der Waals surface area (Å²) in [6, 6.07) is 9.05. The van der Waals surface area contributed by atoms with E-state index >= 15 is 0 Å². The largest absolute Gasteiger partial charge is 2.00 e. The molecule has 2 aromatic rings. The van der Waals surface area contributed by atoms with Gasteiger partial charge in [0.15, 0.2) is 0 Å². The third-order valence-corrected chi connectivity index (χ3v) is 16.0. The Bertz CT molecular complexity index is 1600. The summed E-state index contributed by atoms with van der Waals surface area (Å²) in [6.45, 7) is 30.0. The molecule has 422 valence electrons. The van der Waals surface area contributed by atoms with Gasteiger partial charge in [-0.1, -0.05) is 259 Å². The predicted octanol–water partition coefficient (Wildman–Crippen LogP) is 24.8. The summed E-state index contributed by atoms with van der Waals surface area (Å²) in [5.41, 5.74) is 26.6. The molecule has 0 saturated heterocycles. The molecule has 0 saturated carbocycles. The second kappa shape index (κ2) is 48.4. The van der Waals surface area contributed by atoms with Crippen LogP contribution in [0.4, 0.5) is 0 Å². The van der Waals surface area contributed by atoms with Crippen molar-refractivity contribution in [3.05, 3.63) is 99.3 Å². The Morgan fingerprint density at radius 2 is 0.521 bits per heavy atom. The quantitative estimate of drug-likeness (QED) is 0.0274. The fourth-order valence-electron chi connectivity index (χ4n) is 10.7. The van der Waals surface area contributed by atoms with Gasteiger partial charge < -0.3 is 19.4 Å². The zero-order chi connectivity index (χ0) is 53.0. The van der Waals surface area contributed by atoms with Crippen molar-refractivity contribution < 1.29 is 21.2 Å². The first kappa shape index (κ1) is 71.0. The molecule has 0 bridgehead atoms. The van der Waals surface area contributed by atoms with Gasteiger partial charge >= 0.3 is 16.5 Å². The van der Waals surface area contributed by atoms with Gasteiger partial charge in [0.1, 0.15) is 0 Å². The molecule has 3 heteroatoms. The van der Waals surface area contributed by atoms with Crippen LogP contribution in [0.15, 0.2) is 35.4 Å². The van der Waals surface area contributed by atoms with Crippen molar-refractivity contribution in [1.29, 1.82) is 0 Å². The van der Waals surface area contributed by atoms with Gasteiger partial charge in [0.05, 0.1) is 0 Å². The zero-order valence-corrected chi connectivity index (χ0v) is 51.6. The Balaban J connectivity index is 0.00000114. The van der Waals surface area contributed by atoms with Crippen LogP contribution in [0.1, 0.15) is 342 Å². The Morgan fingerprint density at radius 3 is 0.753 bits per heavy atom. The molecule has 0 N–H and O–H groups in total. The minimum absolute atomic E-state index is 0. The second-order valence-electron chi connectivity index (χ2n) is 22.7. The summed E-state index contributed by atoms with van der Waals surface area (Å²) in [5.74, 6) is 0. The van der Waals surface area contributed by atoms with Crippen LogP contribution in [0.3, 0.4) is 0 Å². The van der Waals surface area contributed by atoms with Gasteiger partial charge in [-0.15, -0.1) is 0 Å². The molecule has 0 atom stereocenters. The van der Waals surface area contributed by atoms with E-state index in [9.17, 15) is 5.53 Å². The van der Waals surface area contributed by atoms with Crippen LogP contribution in [0.25, 0.3) is 16.9 Å². The van der Waals surface area contributed by atoms with Crippen LogP contribution in [0, 0.1) is 55.4 Å². The van der Waals surface area contributed by atoms with Crippen molar-refractivity contribution in [3.8, 4) is 0 Å². The number of unbranched alkanes of at least 4 members (excludes halogenated alkanes) is 36. The van der Waals surface area contributed by atoms with Gasteiger partial charge in [-0.2, -0.15) is 12.8 Å². The first-order valence-electron chi connectivity index (χ1n) is 31.7. The molecule has 0 spiro atoms. The molecule has 2 aromatic carbocycles. The average Bonchev–Trinajstić information content (AvgIpc) is 3.65. The van der Waals surface area contributed by atoms with Crippen molar-refractivity contribution in [2.45, 2.75) is 339 Å². The molecule has 0 amide bonds. The summed E-state index contributed by atoms with van der Waals surface area (Å²) in [7, 11) is 0. The van der Waals surface area contributed by atoms with E-state index in [2.05, 4.69) is 107 Å². The molecule has 0 radical (unpaired) electrons. The minimum Gasteiger partial charge on any atom is -0.493 e. The molecule has 73 heavy (non-hydrogen) atoms. The van der Waals surface area contributed by atoms with E-state index in [-0.39, 0.29) is 16.5 Å². The Kier molecular flexibility index (Phi) is 47.1. The molecule has 0 unspecified atom stereocenters. The maximum Gasteiger partial charge on any atom is 2.00 e. The number of aryl methyl sites for hydroxylation is 4. The van der Waals surface area contributed by atoms with Crippen molar-refractivity contribution in [2.24, 2.45) is 0 Å². The van der Waals surface area contributed by atoms with Crippen molar-refractivity contribution in [2.75, 3.05) is 0 Å². The number of hydrogen-bond donors (Lipinski definition) is 0. The molecular weight excluding hydrogens is 927 g/mol. The monoisotopic (exact) mass is 1050 g/mol. The zero-order valence-electron chi connectivity index (χ0n) is 50.6. The predicted molar refractivity (Wildman–Crippen MR) is 326 cm³/mol. The maximum absolute atomic E-state index is 11.8. The Hall–Kier alpha value is -1.99. The number of benzene rings is 2. The van der Waals surface area contributed by atoms with Gasteiger partial charge in [0.2, 0.25) is 11.4 Å². The number of allylic oxidation sites excluding steroid dienone is 2. The van der Waals surface area contributed by atoms with Crippen molar-refractivity contribution in [3.63, 3.8) is 0 Å². The average molecular weight is 1050 g/mol. The molecule has 1 aliphatic rings. The summed E-state index contributed by atoms with van der Waals surface area (Å²) in [6.07, 6.45) is 57.9. The van der Waals surface area contributed by atoms with Crippen LogP contribution in [0.5, 0.6) is 0 Å². The molecule has 1 aliphatic heterocycles. The minimum atomic E-state index is 0. The number of rotatable bonds is 42. The SMILES string of the molecule is CCCCCCC1=C(c2cc(C)c(C)c(C)c2)[N+](=[N-])C(c2cc(C)c(C)c(C)c2)=C1CCCC.[CH2-]CCCCCCCCCCCCCCCCCC.[CH2-]CCCCCCCCCCCCCCCCCC.[Ni+2]. The topological polar surface area (TPSA) is 25.3 Å². The van der Waals surface area contributed by atoms with E-state index in [1.54, 1.807) is 0 Å². The molecular formula is C70H122N2Ni. The van der Waals surface area contributed by atoms with Gasteiger partial charge in [-0.25, -0.2) is 4.70 Å². The van der Waals surface area contributed by atoms with Crippen LogP contribution >= 0.6 is 0 Å². The Labute approximate surface area is 468 Å². The summed E-state index contributed by atoms with van der Waals surface area (Å²) in [5, 5.41) is 0. The maximum atomic E-state index is 11.8. The summed E-state index contributed by atoms with van der Waals surface area (Å²) in [4.78, 5) is 0. The van der Waals surface area contributed by atoms with Crippen LogP contribution in [-0.4, -0.2) is 4.70 Å². The first-order valence-corrected chi connectivity index (χ1v) is 31.7. The van der Waals surface area contributed by atoms with Gasteiger partial charge in [0, 0.05) is 22.3 Å². The van der Waals surface area contributed by atoms with Crippen LogP contribution in [-0.2, 0) is 16.5 Å². The molecule has 2 nitrogen and oxygen atoms in total. The van der Waals surface area contributed by atoms with E-state index in [0.29, 0.717) is 0 Å². The van der Waals surface area contributed by atoms with Crippen LogP contribution in [0.2, 0.25) is 0 Å². The third-order valence-electron chi connectivity index (χ3n) is 16.0. The Morgan fingerprint density at radius 1 is 0.315 bits per heavy atom. The summed E-state index contributed by atoms with van der Waals surface area (Å²) < 4.78 is 1.53. The van der Waals surface area contributed by atoms with E-state index in [0.717, 1.165) is 61.0 Å². The molecule has 0 aromatic heterocycles. The standard InChI is InChI=1S/C32H44N2.2C19H39.Ni/c1-9-11-13-14-16-30-29(15-12-10-2)31(27-17-21(3)25(7)22(4)18-27)34(33)32(30)28-19-23(5)26(8)24(6)20-28;2*1-3-5-7-9-11-13-15-17-19-18-16-14-12-10-8-6-4-2;/h17-20H,9-16H2,1-8H3;2*1,3-19H2,2H3;/q;2*-1;+2. The smallest absolute Gasteiger partial charge is 0.493 e. The molecule has 3 rings (SSSR count). The normalized spacial score (nSPS) is 12.3. The van der Waals surface area contributed by atoms with Gasteiger partial charge in [-0.05, 0) is 125 Å². The van der Waals surface area contributed by atoms with E-state index in [4.69, 9.17) is 0 Å². The van der Waals surface area contributed by atoms with Crippen molar-refractivity contribution >= 4 is 11.4 Å². The molecule has 0 aliphatic carbocycles. The fraction of sp³-hybridized carbons (Fsp3) is 0.743. The summed E-state index contributed by atoms with van der Waals surface area (Å²) >= 11 is 0. The van der Waals surface area contributed by atoms with Gasteiger partial charge in [-0.3, -0.25) is 0 Å². The third kappa shape index (κ3) is 32.4. The first-order chi connectivity index (χ1) is 35.0. The number of nitrogens with zero attached hydrogens (tertiary/aromatic N) is 2. The van der Waals surface area contributed by atoms with Crippen molar-refractivity contribution in [1.82, 2.24) is 0 Å². The van der Waals surface area contributed by atoms with Crippen LogP contribution < -0.4 is 0 Å². The number of hydrogen-bond acceptors (Lipinski definition) is 0.